The minimum atomic E-state index is -0.0939. The standard InChI is InChI=1S/C21H29NO/c1-3-15(2)22-19(23)21-12-16-9-17(13-21)11-20(10-16,14-21)18-7-5-4-6-8-18/h4-8,15-17H,3,9-14H2,1-2H3,(H,22,23)/t15-,16-,17-,20?,21?/m1/s1. The van der Waals surface area contributed by atoms with Gasteiger partial charge < -0.3 is 5.32 Å². The van der Waals surface area contributed by atoms with Crippen LogP contribution in [0.2, 0.25) is 0 Å². The first-order chi connectivity index (χ1) is 11.1. The lowest BCUT2D eigenvalue weighted by molar-refractivity contribution is -0.149. The van der Waals surface area contributed by atoms with Crippen molar-refractivity contribution < 1.29 is 4.79 Å². The van der Waals surface area contributed by atoms with Gasteiger partial charge in [-0.2, -0.15) is 0 Å². The van der Waals surface area contributed by atoms with E-state index in [4.69, 9.17) is 0 Å². The van der Waals surface area contributed by atoms with Gasteiger partial charge in [-0.05, 0) is 74.7 Å². The summed E-state index contributed by atoms with van der Waals surface area (Å²) >= 11 is 0. The lowest BCUT2D eigenvalue weighted by atomic mass is 9.42. The average Bonchev–Trinajstić information content (AvgIpc) is 2.54. The Balaban J connectivity index is 1.67. The Hall–Kier alpha value is -1.31. The number of benzene rings is 1. The Morgan fingerprint density at radius 2 is 1.83 bits per heavy atom. The van der Waals surface area contributed by atoms with Crippen molar-refractivity contribution in [3.8, 4) is 0 Å². The van der Waals surface area contributed by atoms with Gasteiger partial charge in [0.05, 0.1) is 5.41 Å². The van der Waals surface area contributed by atoms with E-state index in [1.807, 2.05) is 0 Å². The Kier molecular flexibility index (Phi) is 3.55. The fraction of sp³-hybridized carbons (Fsp3) is 0.667. The summed E-state index contributed by atoms with van der Waals surface area (Å²) in [6, 6.07) is 11.3. The van der Waals surface area contributed by atoms with Crippen LogP contribution in [0.1, 0.15) is 64.4 Å². The van der Waals surface area contributed by atoms with E-state index in [0.717, 1.165) is 37.5 Å². The maximum absolute atomic E-state index is 13.1. The van der Waals surface area contributed by atoms with Crippen LogP contribution < -0.4 is 5.32 Å². The number of rotatable bonds is 4. The second-order valence-corrected chi connectivity index (χ2v) is 8.67. The zero-order valence-electron chi connectivity index (χ0n) is 14.5. The first-order valence-electron chi connectivity index (χ1n) is 9.42. The minimum Gasteiger partial charge on any atom is -0.353 e. The van der Waals surface area contributed by atoms with Gasteiger partial charge >= 0.3 is 0 Å². The molecule has 0 radical (unpaired) electrons. The summed E-state index contributed by atoms with van der Waals surface area (Å²) in [5, 5.41) is 3.32. The minimum absolute atomic E-state index is 0.0939. The predicted molar refractivity (Wildman–Crippen MR) is 93.1 cm³/mol. The van der Waals surface area contributed by atoms with Crippen molar-refractivity contribution in [2.24, 2.45) is 17.3 Å². The van der Waals surface area contributed by atoms with Gasteiger partial charge in [0.25, 0.3) is 0 Å². The summed E-state index contributed by atoms with van der Waals surface area (Å²) in [4.78, 5) is 13.1. The van der Waals surface area contributed by atoms with E-state index < -0.39 is 0 Å². The van der Waals surface area contributed by atoms with E-state index in [9.17, 15) is 4.79 Å². The van der Waals surface area contributed by atoms with Crippen LogP contribution in [-0.4, -0.2) is 11.9 Å². The van der Waals surface area contributed by atoms with Crippen molar-refractivity contribution in [2.45, 2.75) is 70.3 Å². The van der Waals surface area contributed by atoms with Gasteiger partial charge in [0.2, 0.25) is 5.91 Å². The molecule has 0 saturated heterocycles. The summed E-state index contributed by atoms with van der Waals surface area (Å²) in [5.74, 6) is 1.85. The molecule has 0 heterocycles. The van der Waals surface area contributed by atoms with Gasteiger partial charge in [-0.1, -0.05) is 37.3 Å². The summed E-state index contributed by atoms with van der Waals surface area (Å²) in [7, 11) is 0. The lowest BCUT2D eigenvalue weighted by Crippen LogP contribution is -2.59. The third-order valence-corrected chi connectivity index (χ3v) is 6.92. The van der Waals surface area contributed by atoms with Crippen molar-refractivity contribution >= 4 is 5.91 Å². The molecule has 1 N–H and O–H groups in total. The van der Waals surface area contributed by atoms with Crippen LogP contribution in [0, 0.1) is 17.3 Å². The van der Waals surface area contributed by atoms with Gasteiger partial charge in [-0.25, -0.2) is 0 Å². The highest BCUT2D eigenvalue weighted by Gasteiger charge is 2.60. The molecule has 4 aliphatic rings. The normalized spacial score (nSPS) is 39.2. The molecule has 4 bridgehead atoms. The number of hydrogen-bond acceptors (Lipinski definition) is 1. The van der Waals surface area contributed by atoms with Gasteiger partial charge in [0.15, 0.2) is 0 Å². The fourth-order valence-electron chi connectivity index (χ4n) is 6.14. The van der Waals surface area contributed by atoms with Crippen LogP contribution in [0.5, 0.6) is 0 Å². The van der Waals surface area contributed by atoms with Gasteiger partial charge in [-0.3, -0.25) is 4.79 Å². The number of amides is 1. The molecule has 1 aromatic carbocycles. The molecule has 4 aliphatic carbocycles. The van der Waals surface area contributed by atoms with E-state index >= 15 is 0 Å². The van der Waals surface area contributed by atoms with Crippen LogP contribution in [-0.2, 0) is 10.2 Å². The van der Waals surface area contributed by atoms with Gasteiger partial charge in [0, 0.05) is 6.04 Å². The van der Waals surface area contributed by atoms with E-state index in [2.05, 4.69) is 49.5 Å². The fourth-order valence-corrected chi connectivity index (χ4v) is 6.14. The van der Waals surface area contributed by atoms with E-state index in [1.165, 1.54) is 24.8 Å². The monoisotopic (exact) mass is 311 g/mol. The Morgan fingerprint density at radius 1 is 1.17 bits per heavy atom. The van der Waals surface area contributed by atoms with Crippen LogP contribution in [0.15, 0.2) is 30.3 Å². The largest absolute Gasteiger partial charge is 0.353 e. The van der Waals surface area contributed by atoms with E-state index in [1.54, 1.807) is 0 Å². The van der Waals surface area contributed by atoms with E-state index in [0.29, 0.717) is 11.9 Å². The average molecular weight is 311 g/mol. The Bertz CT molecular complexity index is 579. The Labute approximate surface area is 140 Å². The number of nitrogens with one attached hydrogen (secondary N) is 1. The molecule has 0 unspecified atom stereocenters. The molecular formula is C21H29NO. The van der Waals surface area contributed by atoms with Gasteiger partial charge in [-0.15, -0.1) is 0 Å². The van der Waals surface area contributed by atoms with Crippen LogP contribution in [0.25, 0.3) is 0 Å². The zero-order valence-corrected chi connectivity index (χ0v) is 14.5. The SMILES string of the molecule is CC[C@@H](C)NC(=O)C12C[C@@H]3C[C@@H](C1)CC(c1ccccc1)(C3)C2. The van der Waals surface area contributed by atoms with Crippen molar-refractivity contribution in [3.63, 3.8) is 0 Å². The molecule has 23 heavy (non-hydrogen) atoms. The summed E-state index contributed by atoms with van der Waals surface area (Å²) in [5.41, 5.74) is 1.65. The zero-order chi connectivity index (χ0) is 16.1. The van der Waals surface area contributed by atoms with Crippen molar-refractivity contribution in [1.29, 1.82) is 0 Å². The van der Waals surface area contributed by atoms with Crippen molar-refractivity contribution in [3.05, 3.63) is 35.9 Å². The number of hydrogen-bond donors (Lipinski definition) is 1. The molecule has 5 rings (SSSR count). The van der Waals surface area contributed by atoms with Crippen LogP contribution in [0.3, 0.4) is 0 Å². The maximum Gasteiger partial charge on any atom is 0.226 e. The summed E-state index contributed by atoms with van der Waals surface area (Å²) in [6.45, 7) is 4.28. The quantitative estimate of drug-likeness (QED) is 0.875. The van der Waals surface area contributed by atoms with Crippen molar-refractivity contribution in [2.75, 3.05) is 0 Å². The summed E-state index contributed by atoms with van der Waals surface area (Å²) in [6.07, 6.45) is 8.28. The molecule has 0 aromatic heterocycles. The molecule has 1 aromatic rings. The molecule has 0 spiro atoms. The number of carbonyl (C=O) groups excluding carboxylic acids is 1. The Morgan fingerprint density at radius 3 is 2.43 bits per heavy atom. The highest BCUT2D eigenvalue weighted by Crippen LogP contribution is 2.65. The summed E-state index contributed by atoms with van der Waals surface area (Å²) < 4.78 is 0. The highest BCUT2D eigenvalue weighted by molar-refractivity contribution is 5.83. The molecule has 2 heteroatoms. The first-order valence-corrected chi connectivity index (χ1v) is 9.42. The van der Waals surface area contributed by atoms with Crippen LogP contribution in [0.4, 0.5) is 0 Å². The molecule has 0 aliphatic heterocycles. The second-order valence-electron chi connectivity index (χ2n) is 8.67. The van der Waals surface area contributed by atoms with Crippen LogP contribution >= 0.6 is 0 Å². The van der Waals surface area contributed by atoms with Crippen molar-refractivity contribution in [1.82, 2.24) is 5.32 Å². The second kappa shape index (κ2) is 5.36. The third kappa shape index (κ3) is 2.42. The smallest absolute Gasteiger partial charge is 0.226 e. The first kappa shape index (κ1) is 15.2. The third-order valence-electron chi connectivity index (χ3n) is 6.92. The molecule has 2 nitrogen and oxygen atoms in total. The molecular weight excluding hydrogens is 282 g/mol. The molecule has 124 valence electrons. The maximum atomic E-state index is 13.1. The number of carbonyl (C=O) groups is 1. The molecule has 3 atom stereocenters. The van der Waals surface area contributed by atoms with Gasteiger partial charge in [0.1, 0.15) is 0 Å². The predicted octanol–water partition coefficient (Wildman–Crippen LogP) is 4.44. The molecule has 4 saturated carbocycles. The molecule has 1 amide bonds. The molecule has 4 fully saturated rings. The van der Waals surface area contributed by atoms with E-state index in [-0.39, 0.29) is 10.8 Å². The highest BCUT2D eigenvalue weighted by atomic mass is 16.2. The topological polar surface area (TPSA) is 29.1 Å². The lowest BCUT2D eigenvalue weighted by Gasteiger charge is -2.61.